The topological polar surface area (TPSA) is 32.7 Å². The summed E-state index contributed by atoms with van der Waals surface area (Å²) in [5.74, 6) is 1.84. The molecule has 0 aromatic heterocycles. The van der Waals surface area contributed by atoms with E-state index in [-0.39, 0.29) is 1.43 Å². The molecular weight excluding hydrogens is 322 g/mol. The van der Waals surface area contributed by atoms with Crippen LogP contribution >= 0.6 is 0 Å². The molecule has 0 spiro atoms. The summed E-state index contributed by atoms with van der Waals surface area (Å²) in [6.07, 6.45) is 4.08. The van der Waals surface area contributed by atoms with Crippen molar-refractivity contribution in [1.29, 1.82) is 0 Å². The van der Waals surface area contributed by atoms with E-state index in [9.17, 15) is 5.11 Å². The van der Waals surface area contributed by atoms with Gasteiger partial charge >= 0.3 is 0 Å². The van der Waals surface area contributed by atoms with Gasteiger partial charge in [-0.1, -0.05) is 42.5 Å². The van der Waals surface area contributed by atoms with E-state index in [0.29, 0.717) is 11.8 Å². The molecule has 0 saturated carbocycles. The average molecular weight is 354 g/mol. The molecule has 3 heteroatoms. The molecular formula is C23H31NO2. The zero-order valence-corrected chi connectivity index (χ0v) is 15.6. The van der Waals surface area contributed by atoms with Crippen molar-refractivity contribution in [2.24, 2.45) is 11.8 Å². The number of ether oxygens (including phenoxy) is 1. The van der Waals surface area contributed by atoms with Gasteiger partial charge in [-0.05, 0) is 68.0 Å². The highest BCUT2D eigenvalue weighted by molar-refractivity contribution is 5.29. The quantitative estimate of drug-likeness (QED) is 0.848. The first kappa shape index (κ1) is 17.6. The third kappa shape index (κ3) is 3.38. The fourth-order valence-corrected chi connectivity index (χ4v) is 4.90. The van der Waals surface area contributed by atoms with Gasteiger partial charge in [-0.2, -0.15) is 0 Å². The Balaban J connectivity index is 0.00000210. The molecule has 3 saturated heterocycles. The van der Waals surface area contributed by atoms with E-state index in [4.69, 9.17) is 4.74 Å². The lowest BCUT2D eigenvalue weighted by Gasteiger charge is -2.51. The molecule has 1 N–H and O–H groups in total. The van der Waals surface area contributed by atoms with E-state index in [0.717, 1.165) is 30.7 Å². The molecule has 3 aliphatic rings. The number of aryl methyl sites for hydroxylation is 1. The number of hydrogen-bond acceptors (Lipinski definition) is 3. The Kier molecular flexibility index (Phi) is 5.01. The van der Waals surface area contributed by atoms with Crippen LogP contribution < -0.4 is 4.74 Å². The Morgan fingerprint density at radius 2 is 1.77 bits per heavy atom. The van der Waals surface area contributed by atoms with Crippen LogP contribution in [0.5, 0.6) is 5.75 Å². The Hall–Kier alpha value is -1.84. The second kappa shape index (κ2) is 7.42. The highest BCUT2D eigenvalue weighted by atomic mass is 16.5. The number of methoxy groups -OCH3 is 1. The van der Waals surface area contributed by atoms with Gasteiger partial charge in [0, 0.05) is 13.9 Å². The molecule has 3 nitrogen and oxygen atoms in total. The first-order valence-electron chi connectivity index (χ1n) is 9.82. The molecule has 0 amide bonds. The summed E-state index contributed by atoms with van der Waals surface area (Å²) in [7, 11) is 1.69. The zero-order valence-electron chi connectivity index (χ0n) is 15.6. The Morgan fingerprint density at radius 3 is 2.35 bits per heavy atom. The first-order chi connectivity index (χ1) is 12.7. The summed E-state index contributed by atoms with van der Waals surface area (Å²) in [5, 5.41) is 11.9. The number of fused-ring (bicyclic) bond motifs is 3. The van der Waals surface area contributed by atoms with Gasteiger partial charge in [-0.25, -0.2) is 0 Å². The predicted molar refractivity (Wildman–Crippen MR) is 106 cm³/mol. The van der Waals surface area contributed by atoms with Crippen molar-refractivity contribution in [2.45, 2.75) is 31.3 Å². The Morgan fingerprint density at radius 1 is 1.08 bits per heavy atom. The molecule has 3 fully saturated rings. The molecule has 0 aliphatic carbocycles. The summed E-state index contributed by atoms with van der Waals surface area (Å²) in [6.45, 7) is 3.42. The number of piperidine rings is 3. The highest BCUT2D eigenvalue weighted by Crippen LogP contribution is 2.45. The molecule has 2 atom stereocenters. The van der Waals surface area contributed by atoms with Crippen molar-refractivity contribution < 1.29 is 11.3 Å². The molecule has 3 aliphatic heterocycles. The van der Waals surface area contributed by atoms with E-state index in [2.05, 4.69) is 41.3 Å². The highest BCUT2D eigenvalue weighted by Gasteiger charge is 2.47. The first-order valence-corrected chi connectivity index (χ1v) is 9.82. The van der Waals surface area contributed by atoms with Gasteiger partial charge in [0.2, 0.25) is 0 Å². The largest absolute Gasteiger partial charge is 0.497 e. The van der Waals surface area contributed by atoms with Gasteiger partial charge in [0.15, 0.2) is 0 Å². The minimum absolute atomic E-state index is 0. The van der Waals surface area contributed by atoms with Crippen molar-refractivity contribution in [3.63, 3.8) is 0 Å². The van der Waals surface area contributed by atoms with Crippen LogP contribution in [0.15, 0.2) is 54.6 Å². The van der Waals surface area contributed by atoms with Gasteiger partial charge in [0.1, 0.15) is 5.75 Å². The van der Waals surface area contributed by atoms with Gasteiger partial charge in [0.05, 0.1) is 12.7 Å². The second-order valence-electron chi connectivity index (χ2n) is 7.88. The van der Waals surface area contributed by atoms with Gasteiger partial charge < -0.3 is 14.7 Å². The van der Waals surface area contributed by atoms with E-state index in [1.807, 2.05) is 18.2 Å². The lowest BCUT2D eigenvalue weighted by molar-refractivity contribution is -0.106. The van der Waals surface area contributed by atoms with Crippen LogP contribution in [0, 0.1) is 11.8 Å². The second-order valence-corrected chi connectivity index (χ2v) is 7.88. The maximum Gasteiger partial charge on any atom is 0.118 e. The van der Waals surface area contributed by atoms with Crippen LogP contribution in [0.25, 0.3) is 0 Å². The maximum absolute atomic E-state index is 11.9. The van der Waals surface area contributed by atoms with Crippen molar-refractivity contribution in [2.75, 3.05) is 26.7 Å². The fourth-order valence-electron chi connectivity index (χ4n) is 4.90. The lowest BCUT2D eigenvalue weighted by Crippen LogP contribution is -2.55. The maximum atomic E-state index is 11.9. The SMILES string of the molecule is COc1ccc(CCC(O)(c2ccccc2)C2CN3CCC2CC3)cc1.[HH]. The molecule has 26 heavy (non-hydrogen) atoms. The summed E-state index contributed by atoms with van der Waals surface area (Å²) >= 11 is 0. The van der Waals surface area contributed by atoms with Gasteiger partial charge in [0.25, 0.3) is 0 Å². The molecule has 0 radical (unpaired) electrons. The standard InChI is InChI=1S/C23H29NO2.H2/c1-26-21-9-7-18(8-10-21)11-14-23(25,20-5-3-2-4-6-20)22-17-24-15-12-19(22)13-16-24;/h2-10,19,22,25H,11-17H2,1H3;1H. The number of hydrogen-bond donors (Lipinski definition) is 1. The lowest BCUT2D eigenvalue weighted by atomic mass is 9.66. The molecule has 140 valence electrons. The van der Waals surface area contributed by atoms with Crippen molar-refractivity contribution in [3.8, 4) is 5.75 Å². The average Bonchev–Trinajstić information content (AvgIpc) is 2.74. The smallest absolute Gasteiger partial charge is 0.118 e. The van der Waals surface area contributed by atoms with Crippen LogP contribution in [-0.4, -0.2) is 36.8 Å². The van der Waals surface area contributed by atoms with E-state index >= 15 is 0 Å². The van der Waals surface area contributed by atoms with Crippen molar-refractivity contribution >= 4 is 0 Å². The normalized spacial score (nSPS) is 27.1. The molecule has 2 aromatic rings. The Bertz CT molecular complexity index is 713. The molecule has 3 heterocycles. The predicted octanol–water partition coefficient (Wildman–Crippen LogP) is 4.10. The summed E-state index contributed by atoms with van der Waals surface area (Å²) in [4.78, 5) is 2.53. The number of aliphatic hydroxyl groups is 1. The van der Waals surface area contributed by atoms with Gasteiger partial charge in [-0.3, -0.25) is 0 Å². The Labute approximate surface area is 158 Å². The molecule has 2 bridgehead atoms. The summed E-state index contributed by atoms with van der Waals surface area (Å²) < 4.78 is 5.26. The zero-order chi connectivity index (χ0) is 18.0. The summed E-state index contributed by atoms with van der Waals surface area (Å²) in [5.41, 5.74) is 1.57. The van der Waals surface area contributed by atoms with Crippen LogP contribution in [0.1, 0.15) is 31.8 Å². The van der Waals surface area contributed by atoms with E-state index in [1.54, 1.807) is 7.11 Å². The minimum atomic E-state index is -0.759. The molecule has 5 rings (SSSR count). The molecule has 2 unspecified atom stereocenters. The number of nitrogens with zero attached hydrogens (tertiary/aromatic N) is 1. The van der Waals surface area contributed by atoms with Crippen LogP contribution in [0.2, 0.25) is 0 Å². The number of benzene rings is 2. The monoisotopic (exact) mass is 353 g/mol. The van der Waals surface area contributed by atoms with Crippen LogP contribution in [0.4, 0.5) is 0 Å². The molecule has 2 aromatic carbocycles. The van der Waals surface area contributed by atoms with Crippen LogP contribution in [0.3, 0.4) is 0 Å². The third-order valence-corrected chi connectivity index (χ3v) is 6.50. The van der Waals surface area contributed by atoms with Crippen molar-refractivity contribution in [3.05, 3.63) is 65.7 Å². The van der Waals surface area contributed by atoms with Gasteiger partial charge in [-0.15, -0.1) is 0 Å². The summed E-state index contributed by atoms with van der Waals surface area (Å²) in [6, 6.07) is 18.6. The van der Waals surface area contributed by atoms with E-state index in [1.165, 1.54) is 31.5 Å². The third-order valence-electron chi connectivity index (χ3n) is 6.50. The minimum Gasteiger partial charge on any atom is -0.497 e. The number of rotatable bonds is 6. The van der Waals surface area contributed by atoms with Crippen molar-refractivity contribution in [1.82, 2.24) is 4.90 Å². The van der Waals surface area contributed by atoms with E-state index < -0.39 is 5.60 Å². The van der Waals surface area contributed by atoms with Crippen LogP contribution in [-0.2, 0) is 12.0 Å². The fraction of sp³-hybridized carbons (Fsp3) is 0.478.